The lowest BCUT2D eigenvalue weighted by atomic mass is 10.00. The van der Waals surface area contributed by atoms with E-state index in [1.54, 1.807) is 18.2 Å². The fourth-order valence-corrected chi connectivity index (χ4v) is 3.32. The topological polar surface area (TPSA) is 102 Å². The van der Waals surface area contributed by atoms with E-state index in [9.17, 15) is 9.59 Å². The number of nitrogens with one attached hydrogen (secondary N) is 1. The average molecular weight is 443 g/mol. The van der Waals surface area contributed by atoms with E-state index in [-0.39, 0.29) is 18.1 Å². The van der Waals surface area contributed by atoms with Gasteiger partial charge in [0.05, 0.1) is 28.4 Å². The summed E-state index contributed by atoms with van der Waals surface area (Å²) in [6.07, 6.45) is 3.66. The van der Waals surface area contributed by atoms with Crippen LogP contribution >= 0.6 is 0 Å². The second-order valence-electron chi connectivity index (χ2n) is 6.66. The van der Waals surface area contributed by atoms with Gasteiger partial charge in [-0.2, -0.15) is 0 Å². The summed E-state index contributed by atoms with van der Waals surface area (Å²) in [5.74, 6) is 1.41. The van der Waals surface area contributed by atoms with Crippen molar-refractivity contribution in [2.75, 3.05) is 41.8 Å². The molecule has 9 nitrogen and oxygen atoms in total. The molecule has 0 saturated heterocycles. The predicted molar refractivity (Wildman–Crippen MR) is 116 cm³/mol. The fourth-order valence-electron chi connectivity index (χ4n) is 3.32. The Bertz CT molecular complexity index is 1030. The molecule has 32 heavy (non-hydrogen) atoms. The molecule has 0 bridgehead atoms. The van der Waals surface area contributed by atoms with Gasteiger partial charge >= 0.3 is 12.1 Å². The van der Waals surface area contributed by atoms with Gasteiger partial charge in [0.15, 0.2) is 23.0 Å². The van der Waals surface area contributed by atoms with Gasteiger partial charge < -0.3 is 33.7 Å². The molecule has 0 radical (unpaired) electrons. The van der Waals surface area contributed by atoms with Gasteiger partial charge in [-0.3, -0.25) is 0 Å². The Labute approximate surface area is 185 Å². The summed E-state index contributed by atoms with van der Waals surface area (Å²) in [6, 6.07) is 7.18. The molecular formula is C23H25NO8. The summed E-state index contributed by atoms with van der Waals surface area (Å²) in [4.78, 5) is 23.8. The highest BCUT2D eigenvalue weighted by Crippen LogP contribution is 2.37. The number of hydrogen-bond acceptors (Lipinski definition) is 8. The minimum atomic E-state index is -0.548. The summed E-state index contributed by atoms with van der Waals surface area (Å²) in [6.45, 7) is 0.515. The smallest absolute Gasteiger partial charge is 0.406 e. The minimum Gasteiger partial charge on any atom is -0.493 e. The van der Waals surface area contributed by atoms with Crippen molar-refractivity contribution in [1.29, 1.82) is 0 Å². The van der Waals surface area contributed by atoms with Crippen molar-refractivity contribution in [3.8, 4) is 23.0 Å². The first-order chi connectivity index (χ1) is 15.5. The molecule has 2 aromatic carbocycles. The largest absolute Gasteiger partial charge is 0.493 e. The molecule has 0 spiro atoms. The molecule has 1 heterocycles. The van der Waals surface area contributed by atoms with E-state index in [1.807, 2.05) is 18.2 Å². The molecule has 3 rings (SSSR count). The quantitative estimate of drug-likeness (QED) is 0.490. The Balaban J connectivity index is 1.98. The second kappa shape index (κ2) is 10.4. The third-order valence-electron chi connectivity index (χ3n) is 4.89. The highest BCUT2D eigenvalue weighted by molar-refractivity contribution is 5.98. The lowest BCUT2D eigenvalue weighted by Crippen LogP contribution is -2.25. The Morgan fingerprint density at radius 2 is 1.69 bits per heavy atom. The minimum absolute atomic E-state index is 0.143. The number of alkyl carbamates (subject to hydrolysis) is 1. The summed E-state index contributed by atoms with van der Waals surface area (Å²) in [5, 5.41) is 2.66. The first kappa shape index (κ1) is 22.8. The van der Waals surface area contributed by atoms with Crippen LogP contribution in [0.5, 0.6) is 23.0 Å². The number of rotatable bonds is 8. The zero-order chi connectivity index (χ0) is 23.1. The summed E-state index contributed by atoms with van der Waals surface area (Å²) >= 11 is 0. The molecule has 1 amide bonds. The van der Waals surface area contributed by atoms with Crippen LogP contribution in [0.4, 0.5) is 4.79 Å². The van der Waals surface area contributed by atoms with Crippen LogP contribution in [0.25, 0.3) is 12.2 Å². The maximum Gasteiger partial charge on any atom is 0.406 e. The maximum absolute atomic E-state index is 12.5. The van der Waals surface area contributed by atoms with E-state index in [0.29, 0.717) is 35.8 Å². The number of esters is 1. The third-order valence-corrected chi connectivity index (χ3v) is 4.89. The van der Waals surface area contributed by atoms with Crippen molar-refractivity contribution < 1.29 is 38.0 Å². The molecule has 9 heteroatoms. The van der Waals surface area contributed by atoms with E-state index in [1.165, 1.54) is 28.4 Å². The zero-order valence-electron chi connectivity index (χ0n) is 18.4. The fraction of sp³-hybridized carbons (Fsp3) is 0.304. The Morgan fingerprint density at radius 3 is 2.34 bits per heavy atom. The number of fused-ring (bicyclic) bond motifs is 1. The zero-order valence-corrected chi connectivity index (χ0v) is 18.4. The monoisotopic (exact) mass is 443 g/mol. The third kappa shape index (κ3) is 4.88. The van der Waals surface area contributed by atoms with Crippen LogP contribution < -0.4 is 24.3 Å². The number of carbonyl (C=O) groups excluding carboxylic acids is 2. The van der Waals surface area contributed by atoms with E-state index in [4.69, 9.17) is 23.7 Å². The predicted octanol–water partition coefficient (Wildman–Crippen LogP) is 3.29. The van der Waals surface area contributed by atoms with Crippen LogP contribution in [0.3, 0.4) is 0 Å². The van der Waals surface area contributed by atoms with E-state index in [2.05, 4.69) is 10.1 Å². The molecule has 2 aromatic rings. The maximum atomic E-state index is 12.5. The molecule has 0 aliphatic carbocycles. The van der Waals surface area contributed by atoms with Gasteiger partial charge in [-0.25, -0.2) is 9.59 Å². The first-order valence-corrected chi connectivity index (χ1v) is 9.78. The van der Waals surface area contributed by atoms with Crippen LogP contribution in [-0.4, -0.2) is 53.8 Å². The van der Waals surface area contributed by atoms with E-state index >= 15 is 0 Å². The molecule has 170 valence electrons. The molecule has 0 atom stereocenters. The standard InChI is InChI=1S/C23H25NO8/c1-27-17-8-7-14(20(21(17)28-2)22(25)29-3)5-6-15-11-18-19(32-13-31-18)12-16(15)9-10-24-23(26)30-4/h5-8,11-12H,9-10,13H2,1-4H3,(H,24,26)/b6-5+. The van der Waals surface area contributed by atoms with E-state index in [0.717, 1.165) is 11.1 Å². The van der Waals surface area contributed by atoms with Gasteiger partial charge in [-0.15, -0.1) is 0 Å². The van der Waals surface area contributed by atoms with Gasteiger partial charge in [0.1, 0.15) is 5.56 Å². The summed E-state index contributed by atoms with van der Waals surface area (Å²) in [5.41, 5.74) is 2.60. The highest BCUT2D eigenvalue weighted by Gasteiger charge is 2.21. The van der Waals surface area contributed by atoms with Crippen molar-refractivity contribution in [1.82, 2.24) is 5.32 Å². The van der Waals surface area contributed by atoms with Crippen molar-refractivity contribution in [3.05, 3.63) is 46.5 Å². The van der Waals surface area contributed by atoms with Crippen LogP contribution in [0, 0.1) is 0 Å². The lowest BCUT2D eigenvalue weighted by molar-refractivity contribution is 0.0596. The number of hydrogen-bond donors (Lipinski definition) is 1. The molecule has 1 aliphatic rings. The number of benzene rings is 2. The number of ether oxygens (including phenoxy) is 6. The van der Waals surface area contributed by atoms with Crippen LogP contribution in [0.15, 0.2) is 24.3 Å². The molecule has 1 N–H and O–H groups in total. The Hall–Kier alpha value is -3.88. The molecule has 0 saturated carbocycles. The normalized spacial score (nSPS) is 11.9. The van der Waals surface area contributed by atoms with Crippen LogP contribution in [0.1, 0.15) is 27.0 Å². The Kier molecular flexibility index (Phi) is 7.43. The van der Waals surface area contributed by atoms with Crippen molar-refractivity contribution in [2.45, 2.75) is 6.42 Å². The summed E-state index contributed by atoms with van der Waals surface area (Å²) < 4.78 is 31.2. The Morgan fingerprint density at radius 1 is 0.969 bits per heavy atom. The van der Waals surface area contributed by atoms with E-state index < -0.39 is 12.1 Å². The van der Waals surface area contributed by atoms with Gasteiger partial charge in [0.2, 0.25) is 6.79 Å². The van der Waals surface area contributed by atoms with Crippen molar-refractivity contribution in [3.63, 3.8) is 0 Å². The second-order valence-corrected chi connectivity index (χ2v) is 6.66. The van der Waals surface area contributed by atoms with Gasteiger partial charge in [0.25, 0.3) is 0 Å². The number of methoxy groups -OCH3 is 4. The molecular weight excluding hydrogens is 418 g/mol. The van der Waals surface area contributed by atoms with Gasteiger partial charge in [-0.1, -0.05) is 18.2 Å². The molecule has 0 aromatic heterocycles. The molecule has 0 unspecified atom stereocenters. The van der Waals surface area contributed by atoms with Crippen molar-refractivity contribution >= 4 is 24.2 Å². The first-order valence-electron chi connectivity index (χ1n) is 9.78. The van der Waals surface area contributed by atoms with Gasteiger partial charge in [-0.05, 0) is 41.3 Å². The molecule has 0 fully saturated rings. The molecule has 1 aliphatic heterocycles. The number of carbonyl (C=O) groups is 2. The lowest BCUT2D eigenvalue weighted by Gasteiger charge is -2.14. The number of amides is 1. The summed E-state index contributed by atoms with van der Waals surface area (Å²) in [7, 11) is 5.57. The van der Waals surface area contributed by atoms with Crippen LogP contribution in [-0.2, 0) is 15.9 Å². The SMILES string of the molecule is COC(=O)NCCc1cc2c(cc1/C=C/c1ccc(OC)c(OC)c1C(=O)OC)OCO2. The highest BCUT2D eigenvalue weighted by atomic mass is 16.7. The van der Waals surface area contributed by atoms with Crippen molar-refractivity contribution in [2.24, 2.45) is 0 Å². The van der Waals surface area contributed by atoms with Gasteiger partial charge in [0, 0.05) is 6.54 Å². The average Bonchev–Trinajstić information content (AvgIpc) is 3.28. The van der Waals surface area contributed by atoms with Crippen LogP contribution in [0.2, 0.25) is 0 Å².